The van der Waals surface area contributed by atoms with Crippen LogP contribution in [0.4, 0.5) is 13.2 Å². The molecule has 2 nitrogen and oxygen atoms in total. The topological polar surface area (TPSA) is 27.0 Å². The molecule has 15 heavy (non-hydrogen) atoms. The molecule has 3 unspecified atom stereocenters. The van der Waals surface area contributed by atoms with Crippen LogP contribution in [0.25, 0.3) is 0 Å². The van der Waals surface area contributed by atoms with Crippen LogP contribution in [-0.2, 0) is 0 Å². The van der Waals surface area contributed by atoms with E-state index in [2.05, 4.69) is 0 Å². The van der Waals surface area contributed by atoms with Crippen LogP contribution >= 0.6 is 0 Å². The van der Waals surface area contributed by atoms with Crippen LogP contribution in [0.5, 0.6) is 0 Å². The fourth-order valence-corrected chi connectivity index (χ4v) is 2.09. The highest BCUT2D eigenvalue weighted by molar-refractivity contribution is 4.93. The minimum Gasteiger partial charge on any atom is -0.299 e. The quantitative estimate of drug-likeness (QED) is 0.714. The SMILES string of the molecule is CC1CC(C)N(CC(C#N)C(F)(F)F)C1. The summed E-state index contributed by atoms with van der Waals surface area (Å²) in [7, 11) is 0. The summed E-state index contributed by atoms with van der Waals surface area (Å²) < 4.78 is 37.0. The molecule has 0 spiro atoms. The third kappa shape index (κ3) is 3.10. The first-order valence-corrected chi connectivity index (χ1v) is 5.05. The molecule has 3 atom stereocenters. The lowest BCUT2D eigenvalue weighted by Gasteiger charge is -2.24. The molecule has 0 amide bonds. The summed E-state index contributed by atoms with van der Waals surface area (Å²) in [6.07, 6.45) is -3.49. The van der Waals surface area contributed by atoms with Crippen LogP contribution in [0.1, 0.15) is 20.3 Å². The van der Waals surface area contributed by atoms with Gasteiger partial charge in [0.2, 0.25) is 0 Å². The Morgan fingerprint density at radius 3 is 2.40 bits per heavy atom. The Hall–Kier alpha value is -0.760. The average Bonchev–Trinajstić information content (AvgIpc) is 2.38. The second-order valence-corrected chi connectivity index (χ2v) is 4.37. The summed E-state index contributed by atoms with van der Waals surface area (Å²) in [5, 5.41) is 8.48. The highest BCUT2D eigenvalue weighted by atomic mass is 19.4. The molecule has 1 fully saturated rings. The minimum absolute atomic E-state index is 0.151. The number of hydrogen-bond acceptors (Lipinski definition) is 2. The summed E-state index contributed by atoms with van der Waals surface area (Å²) in [6.45, 7) is 4.40. The highest BCUT2D eigenvalue weighted by Gasteiger charge is 2.42. The molecule has 0 bridgehead atoms. The largest absolute Gasteiger partial charge is 0.405 e. The van der Waals surface area contributed by atoms with Gasteiger partial charge in [-0.1, -0.05) is 6.92 Å². The standard InChI is InChI=1S/C10H15F3N2/c1-7-3-8(2)15(5-7)6-9(4-14)10(11,12)13/h7-9H,3,5-6H2,1-2H3. The van der Waals surface area contributed by atoms with Crippen molar-refractivity contribution >= 4 is 0 Å². The van der Waals surface area contributed by atoms with Crippen molar-refractivity contribution in [1.29, 1.82) is 5.26 Å². The monoisotopic (exact) mass is 220 g/mol. The van der Waals surface area contributed by atoms with Gasteiger partial charge in [-0.2, -0.15) is 18.4 Å². The van der Waals surface area contributed by atoms with Crippen molar-refractivity contribution in [2.24, 2.45) is 11.8 Å². The van der Waals surface area contributed by atoms with Crippen LogP contribution in [0.2, 0.25) is 0 Å². The van der Waals surface area contributed by atoms with Gasteiger partial charge in [-0.25, -0.2) is 0 Å². The lowest BCUT2D eigenvalue weighted by atomic mass is 10.1. The average molecular weight is 220 g/mol. The molecule has 1 aliphatic rings. The molecule has 0 saturated carbocycles. The van der Waals surface area contributed by atoms with Crippen LogP contribution in [0.3, 0.4) is 0 Å². The summed E-state index contributed by atoms with van der Waals surface area (Å²) in [6, 6.07) is 1.49. The van der Waals surface area contributed by atoms with Crippen molar-refractivity contribution in [3.05, 3.63) is 0 Å². The molecule has 1 saturated heterocycles. The molecule has 5 heteroatoms. The van der Waals surface area contributed by atoms with Crippen molar-refractivity contribution in [1.82, 2.24) is 4.90 Å². The fraction of sp³-hybridized carbons (Fsp3) is 0.900. The number of rotatable bonds is 2. The molecule has 0 aromatic carbocycles. The Morgan fingerprint density at radius 1 is 1.47 bits per heavy atom. The third-order valence-corrected chi connectivity index (χ3v) is 2.88. The van der Waals surface area contributed by atoms with Gasteiger partial charge in [0.25, 0.3) is 0 Å². The number of nitriles is 1. The van der Waals surface area contributed by atoms with Gasteiger partial charge in [0, 0.05) is 19.1 Å². The molecular formula is C10H15F3N2. The predicted octanol–water partition coefficient (Wildman–Crippen LogP) is 2.42. The van der Waals surface area contributed by atoms with Crippen LogP contribution in [0, 0.1) is 23.2 Å². The minimum atomic E-state index is -4.40. The number of nitrogens with zero attached hydrogens (tertiary/aromatic N) is 2. The van der Waals surface area contributed by atoms with E-state index in [1.54, 1.807) is 4.90 Å². The Labute approximate surface area is 87.7 Å². The number of alkyl halides is 3. The first kappa shape index (κ1) is 12.3. The smallest absolute Gasteiger partial charge is 0.299 e. The third-order valence-electron chi connectivity index (χ3n) is 2.88. The Balaban J connectivity index is 2.58. The molecule has 86 valence electrons. The maximum Gasteiger partial charge on any atom is 0.405 e. The summed E-state index contributed by atoms with van der Waals surface area (Å²) in [5.41, 5.74) is 0. The van der Waals surface area contributed by atoms with Crippen molar-refractivity contribution in [3.63, 3.8) is 0 Å². The van der Waals surface area contributed by atoms with Crippen molar-refractivity contribution in [3.8, 4) is 6.07 Å². The zero-order valence-corrected chi connectivity index (χ0v) is 8.88. The lowest BCUT2D eigenvalue weighted by Crippen LogP contribution is -2.37. The molecule has 0 aliphatic carbocycles. The van der Waals surface area contributed by atoms with Gasteiger partial charge in [0.15, 0.2) is 5.92 Å². The molecular weight excluding hydrogens is 205 g/mol. The fourth-order valence-electron chi connectivity index (χ4n) is 2.09. The number of hydrogen-bond donors (Lipinski definition) is 0. The van der Waals surface area contributed by atoms with Crippen molar-refractivity contribution in [2.45, 2.75) is 32.5 Å². The normalized spacial score (nSPS) is 30.1. The Kier molecular flexibility index (Phi) is 3.61. The van der Waals surface area contributed by atoms with E-state index in [9.17, 15) is 13.2 Å². The van der Waals surface area contributed by atoms with Crippen LogP contribution < -0.4 is 0 Å². The second-order valence-electron chi connectivity index (χ2n) is 4.37. The van der Waals surface area contributed by atoms with E-state index in [4.69, 9.17) is 5.26 Å². The molecule has 1 rings (SSSR count). The van der Waals surface area contributed by atoms with E-state index >= 15 is 0 Å². The number of halogens is 3. The summed E-state index contributed by atoms with van der Waals surface area (Å²) in [4.78, 5) is 1.76. The van der Waals surface area contributed by atoms with Gasteiger partial charge in [-0.15, -0.1) is 0 Å². The van der Waals surface area contributed by atoms with Gasteiger partial charge in [-0.05, 0) is 19.3 Å². The van der Waals surface area contributed by atoms with Crippen LogP contribution in [-0.4, -0.2) is 30.2 Å². The van der Waals surface area contributed by atoms with E-state index in [-0.39, 0.29) is 12.6 Å². The summed E-state index contributed by atoms with van der Waals surface area (Å²) >= 11 is 0. The van der Waals surface area contributed by atoms with Crippen molar-refractivity contribution in [2.75, 3.05) is 13.1 Å². The Bertz CT molecular complexity index is 256. The van der Waals surface area contributed by atoms with Crippen LogP contribution in [0.15, 0.2) is 0 Å². The van der Waals surface area contributed by atoms with Gasteiger partial charge >= 0.3 is 6.18 Å². The zero-order valence-electron chi connectivity index (χ0n) is 8.88. The van der Waals surface area contributed by atoms with E-state index in [1.165, 1.54) is 6.07 Å². The van der Waals surface area contributed by atoms with E-state index in [0.717, 1.165) is 6.42 Å². The van der Waals surface area contributed by atoms with Gasteiger partial charge in [0.05, 0.1) is 6.07 Å². The molecule has 0 radical (unpaired) electrons. The van der Waals surface area contributed by atoms with Gasteiger partial charge in [0.1, 0.15) is 0 Å². The highest BCUT2D eigenvalue weighted by Crippen LogP contribution is 2.30. The van der Waals surface area contributed by atoms with E-state index < -0.39 is 12.1 Å². The zero-order chi connectivity index (χ0) is 11.6. The Morgan fingerprint density at radius 2 is 2.07 bits per heavy atom. The molecule has 0 N–H and O–H groups in total. The molecule has 0 aromatic heterocycles. The second kappa shape index (κ2) is 4.40. The molecule has 1 aliphatic heterocycles. The van der Waals surface area contributed by atoms with Crippen molar-refractivity contribution < 1.29 is 13.2 Å². The predicted molar refractivity (Wildman–Crippen MR) is 50.0 cm³/mol. The lowest BCUT2D eigenvalue weighted by molar-refractivity contribution is -0.163. The summed E-state index contributed by atoms with van der Waals surface area (Å²) in [5.74, 6) is -1.43. The van der Waals surface area contributed by atoms with Gasteiger partial charge < -0.3 is 0 Å². The van der Waals surface area contributed by atoms with E-state index in [1.807, 2.05) is 13.8 Å². The maximum absolute atomic E-state index is 12.3. The van der Waals surface area contributed by atoms with E-state index in [0.29, 0.717) is 12.5 Å². The first-order valence-electron chi connectivity index (χ1n) is 5.05. The molecule has 1 heterocycles. The number of likely N-dealkylation sites (tertiary alicyclic amines) is 1. The van der Waals surface area contributed by atoms with Gasteiger partial charge in [-0.3, -0.25) is 4.90 Å². The maximum atomic E-state index is 12.3. The molecule has 0 aromatic rings. The first-order chi connectivity index (χ1) is 6.84.